The Labute approximate surface area is 256 Å². The smallest absolute Gasteiger partial charge is 0.434 e. The quantitative estimate of drug-likeness (QED) is 0.215. The van der Waals surface area contributed by atoms with Gasteiger partial charge in [-0.15, -0.1) is 0 Å². The summed E-state index contributed by atoms with van der Waals surface area (Å²) >= 11 is 0. The number of rotatable bonds is 8. The fourth-order valence-electron chi connectivity index (χ4n) is 7.01. The lowest BCUT2D eigenvalue weighted by molar-refractivity contribution is -0.140. The Morgan fingerprint density at radius 1 is 1.11 bits per heavy atom. The Morgan fingerprint density at radius 3 is 2.60 bits per heavy atom. The number of aromatic nitrogens is 3. The van der Waals surface area contributed by atoms with Crippen LogP contribution in [-0.4, -0.2) is 45.4 Å². The van der Waals surface area contributed by atoms with Gasteiger partial charge in [0.1, 0.15) is 17.2 Å². The molecule has 1 spiro atoms. The van der Waals surface area contributed by atoms with Crippen molar-refractivity contribution in [2.75, 3.05) is 18.0 Å². The van der Waals surface area contributed by atoms with Crippen molar-refractivity contribution in [3.05, 3.63) is 71.4 Å². The number of hydrogen-bond donors (Lipinski definition) is 1. The van der Waals surface area contributed by atoms with E-state index in [1.165, 1.54) is 18.2 Å². The highest BCUT2D eigenvalue weighted by Crippen LogP contribution is 2.54. The summed E-state index contributed by atoms with van der Waals surface area (Å²) < 4.78 is 53.0. The number of allylic oxidation sites excluding steroid dienone is 1. The first kappa shape index (κ1) is 28.1. The fraction of sp³-hybridized carbons (Fsp3) is 0.412. The van der Waals surface area contributed by atoms with Crippen molar-refractivity contribution in [1.82, 2.24) is 15.1 Å². The van der Waals surface area contributed by atoms with E-state index < -0.39 is 17.8 Å². The van der Waals surface area contributed by atoms with Crippen molar-refractivity contribution in [2.24, 2.45) is 11.3 Å². The molecule has 3 aliphatic carbocycles. The number of ether oxygens (including phenoxy) is 1. The molecule has 4 heterocycles. The first-order valence-corrected chi connectivity index (χ1v) is 15.5. The number of fused-ring (bicyclic) bond motifs is 1. The van der Waals surface area contributed by atoms with Crippen molar-refractivity contribution in [2.45, 2.75) is 63.1 Å². The van der Waals surface area contributed by atoms with E-state index in [4.69, 9.17) is 9.26 Å². The third-order valence-corrected chi connectivity index (χ3v) is 9.70. The molecule has 0 bridgehead atoms. The fourth-order valence-corrected chi connectivity index (χ4v) is 7.01. The molecule has 4 aliphatic rings. The van der Waals surface area contributed by atoms with Crippen molar-refractivity contribution in [1.29, 1.82) is 0 Å². The average Bonchev–Trinajstić information content (AvgIpc) is 3.71. The molecule has 0 amide bonds. The van der Waals surface area contributed by atoms with Gasteiger partial charge in [-0.3, -0.25) is 4.98 Å². The van der Waals surface area contributed by atoms with Crippen LogP contribution in [0.5, 0.6) is 5.75 Å². The molecule has 8 nitrogen and oxygen atoms in total. The van der Waals surface area contributed by atoms with E-state index in [1.54, 1.807) is 0 Å². The van der Waals surface area contributed by atoms with E-state index in [9.17, 15) is 23.1 Å². The Bertz CT molecular complexity index is 1830. The van der Waals surface area contributed by atoms with Gasteiger partial charge in [0, 0.05) is 58.9 Å². The van der Waals surface area contributed by atoms with Gasteiger partial charge in [-0.2, -0.15) is 13.2 Å². The Kier molecular flexibility index (Phi) is 6.44. The van der Waals surface area contributed by atoms with Crippen LogP contribution in [0.3, 0.4) is 0 Å². The van der Waals surface area contributed by atoms with Crippen LogP contribution in [0.2, 0.25) is 0 Å². The van der Waals surface area contributed by atoms with E-state index in [2.05, 4.69) is 26.1 Å². The van der Waals surface area contributed by atoms with Crippen LogP contribution in [0.15, 0.2) is 53.2 Å². The molecule has 3 saturated carbocycles. The lowest BCUT2D eigenvalue weighted by atomic mass is 9.57. The molecule has 8 rings (SSSR count). The molecular formula is C34H31F3N4O4. The summed E-state index contributed by atoms with van der Waals surface area (Å²) in [5.74, 6) is 0.655. The van der Waals surface area contributed by atoms with E-state index in [0.717, 1.165) is 75.3 Å². The number of pyridine rings is 2. The minimum Gasteiger partial charge on any atom is -0.490 e. The Morgan fingerprint density at radius 2 is 1.91 bits per heavy atom. The van der Waals surface area contributed by atoms with E-state index in [-0.39, 0.29) is 34.4 Å². The number of nitrogens with zero attached hydrogens (tertiary/aromatic N) is 4. The number of alkyl halides is 3. The molecule has 0 radical (unpaired) electrons. The van der Waals surface area contributed by atoms with Crippen LogP contribution in [0.25, 0.3) is 28.2 Å². The minimum absolute atomic E-state index is 0.0233. The van der Waals surface area contributed by atoms with E-state index in [1.807, 2.05) is 24.3 Å². The van der Waals surface area contributed by atoms with Gasteiger partial charge in [0.05, 0.1) is 11.6 Å². The summed E-state index contributed by atoms with van der Waals surface area (Å²) in [7, 11) is 0. The van der Waals surface area contributed by atoms with Gasteiger partial charge in [-0.1, -0.05) is 17.3 Å². The van der Waals surface area contributed by atoms with Crippen LogP contribution in [-0.2, 0) is 6.18 Å². The molecule has 0 unspecified atom stereocenters. The van der Waals surface area contributed by atoms with Gasteiger partial charge in [0.25, 0.3) is 0 Å². The lowest BCUT2D eigenvalue weighted by Crippen LogP contribution is -2.62. The van der Waals surface area contributed by atoms with Crippen molar-refractivity contribution < 1.29 is 32.3 Å². The van der Waals surface area contributed by atoms with Crippen LogP contribution < -0.4 is 9.64 Å². The van der Waals surface area contributed by atoms with Gasteiger partial charge in [0.15, 0.2) is 11.4 Å². The third-order valence-electron chi connectivity index (χ3n) is 9.70. The number of hydrogen-bond acceptors (Lipinski definition) is 7. The Balaban J connectivity index is 0.974. The van der Waals surface area contributed by atoms with Gasteiger partial charge in [-0.25, -0.2) is 9.78 Å². The number of anilines is 1. The van der Waals surface area contributed by atoms with Crippen molar-refractivity contribution in [3.63, 3.8) is 0 Å². The molecular weight excluding hydrogens is 585 g/mol. The summed E-state index contributed by atoms with van der Waals surface area (Å²) in [6.45, 7) is 1.80. The number of benzene rings is 1. The van der Waals surface area contributed by atoms with Gasteiger partial charge in [0.2, 0.25) is 0 Å². The first-order chi connectivity index (χ1) is 21.7. The summed E-state index contributed by atoms with van der Waals surface area (Å²) in [5, 5.41) is 14.4. The number of halogens is 3. The topological polar surface area (TPSA) is 102 Å². The highest BCUT2D eigenvalue weighted by molar-refractivity contribution is 5.94. The number of carboxylic acids is 1. The van der Waals surface area contributed by atoms with E-state index >= 15 is 0 Å². The van der Waals surface area contributed by atoms with Crippen molar-refractivity contribution >= 4 is 28.6 Å². The molecule has 232 valence electrons. The second-order valence-electron chi connectivity index (χ2n) is 13.0. The molecule has 1 aromatic carbocycles. The lowest BCUT2D eigenvalue weighted by Gasteiger charge is -2.59. The third kappa shape index (κ3) is 5.11. The largest absolute Gasteiger partial charge is 0.490 e. The standard InChI is InChI=1S/C34H31F3N4O4/c35-34(36,37)31-24(5-2-12-38-31)29-23(30(45-40-29)20-7-8-20)10-6-19-15-33(16-19)17-41(18-33)21-9-11-26-25(13-21)28(44-22-3-1-4-22)14-27(39-26)32(42)43/h2,5-6,9-14,19-20,22H,1,3-4,7-8,15-18H2,(H,42,43)/b10-6+. The zero-order chi connectivity index (χ0) is 30.9. The number of carboxylic acid groups (broad SMARTS) is 1. The monoisotopic (exact) mass is 616 g/mol. The zero-order valence-corrected chi connectivity index (χ0v) is 24.4. The highest BCUT2D eigenvalue weighted by atomic mass is 19.4. The van der Waals surface area contributed by atoms with Crippen molar-refractivity contribution in [3.8, 4) is 17.0 Å². The maximum Gasteiger partial charge on any atom is 0.434 e. The number of aromatic carboxylic acids is 1. The predicted molar refractivity (Wildman–Crippen MR) is 160 cm³/mol. The molecule has 3 aromatic heterocycles. The molecule has 1 saturated heterocycles. The molecule has 1 aliphatic heterocycles. The van der Waals surface area contributed by atoms with Crippen LogP contribution >= 0.6 is 0 Å². The van der Waals surface area contributed by atoms with Crippen LogP contribution in [0.1, 0.15) is 78.4 Å². The summed E-state index contributed by atoms with van der Waals surface area (Å²) in [6, 6.07) is 10.3. The maximum absolute atomic E-state index is 13.7. The molecule has 4 fully saturated rings. The molecule has 11 heteroatoms. The predicted octanol–water partition coefficient (Wildman–Crippen LogP) is 7.74. The number of carbonyl (C=O) groups is 1. The van der Waals surface area contributed by atoms with Crippen LogP contribution in [0.4, 0.5) is 18.9 Å². The molecule has 1 N–H and O–H groups in total. The summed E-state index contributed by atoms with van der Waals surface area (Å²) in [6.07, 6.45) is 7.58. The van der Waals surface area contributed by atoms with Gasteiger partial charge in [-0.05, 0) is 81.2 Å². The molecule has 45 heavy (non-hydrogen) atoms. The second-order valence-corrected chi connectivity index (χ2v) is 13.0. The summed E-state index contributed by atoms with van der Waals surface area (Å²) in [4.78, 5) is 21.9. The summed E-state index contributed by atoms with van der Waals surface area (Å²) in [5.41, 5.74) is 1.63. The minimum atomic E-state index is -4.60. The average molecular weight is 617 g/mol. The van der Waals surface area contributed by atoms with Gasteiger partial charge >= 0.3 is 12.1 Å². The van der Waals surface area contributed by atoms with E-state index in [0.29, 0.717) is 28.5 Å². The van der Waals surface area contributed by atoms with Crippen LogP contribution in [0, 0.1) is 11.3 Å². The molecule has 4 aromatic rings. The second kappa shape index (κ2) is 10.3. The SMILES string of the molecule is O=C(O)c1cc(OC2CCC2)c2cc(N3CC4(CC(/C=C/c5c(-c6cccnc6C(F)(F)F)noc5C5CC5)C4)C3)ccc2n1. The Hall–Kier alpha value is -4.41. The maximum atomic E-state index is 13.7. The normalized spacial score (nSPS) is 19.9. The molecule has 0 atom stereocenters. The highest BCUT2D eigenvalue weighted by Gasteiger charge is 2.51. The van der Waals surface area contributed by atoms with Gasteiger partial charge < -0.3 is 19.3 Å². The zero-order valence-electron chi connectivity index (χ0n) is 24.4. The first-order valence-electron chi connectivity index (χ1n) is 15.5.